The minimum atomic E-state index is 0.0620. The van der Waals surface area contributed by atoms with Crippen LogP contribution in [0, 0.1) is 0 Å². The lowest BCUT2D eigenvalue weighted by molar-refractivity contribution is -0.102. The van der Waals surface area contributed by atoms with Crippen molar-refractivity contribution in [2.45, 2.75) is 25.5 Å². The van der Waals surface area contributed by atoms with Crippen molar-refractivity contribution < 1.29 is 9.47 Å². The highest BCUT2D eigenvalue weighted by atomic mass is 79.9. The molecule has 2 unspecified atom stereocenters. The first kappa shape index (κ1) is 14.8. The Morgan fingerprint density at radius 3 is 3.00 bits per heavy atom. The summed E-state index contributed by atoms with van der Waals surface area (Å²) in [6.07, 6.45) is 1.15. The Morgan fingerprint density at radius 1 is 1.61 bits per heavy atom. The van der Waals surface area contributed by atoms with Crippen LogP contribution in [0.1, 0.15) is 24.3 Å². The lowest BCUT2D eigenvalue weighted by atomic mass is 10.1. The minimum absolute atomic E-state index is 0.0620. The first-order chi connectivity index (χ1) is 8.72. The molecule has 0 amide bonds. The number of rotatable bonds is 5. The van der Waals surface area contributed by atoms with E-state index in [0.29, 0.717) is 19.8 Å². The van der Waals surface area contributed by atoms with Gasteiger partial charge in [-0.05, 0) is 35.0 Å². The zero-order valence-electron chi connectivity index (χ0n) is 10.2. The Morgan fingerprint density at radius 2 is 2.44 bits per heavy atom. The molecule has 2 rings (SSSR count). The van der Waals surface area contributed by atoms with Crippen LogP contribution in [0.25, 0.3) is 0 Å². The summed E-state index contributed by atoms with van der Waals surface area (Å²) in [5.41, 5.74) is 0. The van der Waals surface area contributed by atoms with Gasteiger partial charge in [0.2, 0.25) is 0 Å². The van der Waals surface area contributed by atoms with Crippen LogP contribution < -0.4 is 5.32 Å². The molecule has 1 N–H and O–H groups in total. The molecule has 1 saturated heterocycles. The molecule has 0 radical (unpaired) electrons. The Bertz CT molecular complexity index is 363. The van der Waals surface area contributed by atoms with E-state index in [2.05, 4.69) is 28.2 Å². The van der Waals surface area contributed by atoms with Crippen LogP contribution in [-0.4, -0.2) is 32.5 Å². The molecule has 1 aromatic heterocycles. The normalized spacial score (nSPS) is 22.1. The maximum atomic E-state index is 6.11. The van der Waals surface area contributed by atoms with Crippen molar-refractivity contribution in [2.75, 3.05) is 26.4 Å². The maximum absolute atomic E-state index is 6.11. The van der Waals surface area contributed by atoms with Crippen molar-refractivity contribution in [2.24, 2.45) is 0 Å². The molecular formula is C12H17BrClNO2S. The number of halogens is 2. The second-order valence-electron chi connectivity index (χ2n) is 4.19. The summed E-state index contributed by atoms with van der Waals surface area (Å²) in [5, 5.41) is 4.28. The first-order valence-corrected chi connectivity index (χ1v) is 8.08. The van der Waals surface area contributed by atoms with E-state index in [-0.39, 0.29) is 12.1 Å². The van der Waals surface area contributed by atoms with Gasteiger partial charge in [0.25, 0.3) is 0 Å². The SMILES string of the molecule is CCCNC(c1cc(Cl)c(Br)s1)C1COCCO1. The molecule has 102 valence electrons. The molecule has 2 heterocycles. The minimum Gasteiger partial charge on any atom is -0.376 e. The van der Waals surface area contributed by atoms with Gasteiger partial charge in [-0.2, -0.15) is 0 Å². The Kier molecular flexibility index (Phi) is 5.92. The number of hydrogen-bond donors (Lipinski definition) is 1. The van der Waals surface area contributed by atoms with E-state index in [0.717, 1.165) is 21.8 Å². The second-order valence-corrected chi connectivity index (χ2v) is 7.00. The quantitative estimate of drug-likeness (QED) is 0.876. The molecule has 18 heavy (non-hydrogen) atoms. The lowest BCUT2D eigenvalue weighted by Gasteiger charge is -2.30. The van der Waals surface area contributed by atoms with Crippen LogP contribution in [0.2, 0.25) is 5.02 Å². The van der Waals surface area contributed by atoms with Crippen molar-refractivity contribution in [3.8, 4) is 0 Å². The van der Waals surface area contributed by atoms with Crippen molar-refractivity contribution in [1.29, 1.82) is 0 Å². The van der Waals surface area contributed by atoms with Gasteiger partial charge in [0.1, 0.15) is 6.10 Å². The van der Waals surface area contributed by atoms with Crippen LogP contribution in [0.15, 0.2) is 9.85 Å². The van der Waals surface area contributed by atoms with E-state index < -0.39 is 0 Å². The third-order valence-corrected chi connectivity index (χ3v) is 5.36. The largest absolute Gasteiger partial charge is 0.376 e. The highest BCUT2D eigenvalue weighted by molar-refractivity contribution is 9.11. The number of thiophene rings is 1. The summed E-state index contributed by atoms with van der Waals surface area (Å²) >= 11 is 11.2. The standard InChI is InChI=1S/C12H17BrClNO2S/c1-2-3-15-11(9-7-16-4-5-17-9)10-6-8(14)12(13)18-10/h6,9,11,15H,2-5,7H2,1H3. The van der Waals surface area contributed by atoms with Gasteiger partial charge in [0.15, 0.2) is 0 Å². The molecule has 0 saturated carbocycles. The van der Waals surface area contributed by atoms with Gasteiger partial charge >= 0.3 is 0 Å². The molecule has 0 aromatic carbocycles. The van der Waals surface area contributed by atoms with Gasteiger partial charge in [-0.25, -0.2) is 0 Å². The summed E-state index contributed by atoms with van der Waals surface area (Å²) in [6, 6.07) is 2.15. The molecular weight excluding hydrogens is 338 g/mol. The first-order valence-electron chi connectivity index (χ1n) is 6.09. The number of nitrogens with one attached hydrogen (secondary N) is 1. The van der Waals surface area contributed by atoms with Crippen LogP contribution >= 0.6 is 38.9 Å². The van der Waals surface area contributed by atoms with Crippen molar-refractivity contribution in [3.63, 3.8) is 0 Å². The van der Waals surface area contributed by atoms with Gasteiger partial charge < -0.3 is 14.8 Å². The van der Waals surface area contributed by atoms with Crippen molar-refractivity contribution in [3.05, 3.63) is 19.8 Å². The van der Waals surface area contributed by atoms with Crippen LogP contribution in [0.4, 0.5) is 0 Å². The van der Waals surface area contributed by atoms with E-state index in [1.807, 2.05) is 6.07 Å². The average Bonchev–Trinajstić information content (AvgIpc) is 2.71. The van der Waals surface area contributed by atoms with Crippen LogP contribution in [0.5, 0.6) is 0 Å². The fraction of sp³-hybridized carbons (Fsp3) is 0.667. The third-order valence-electron chi connectivity index (χ3n) is 2.80. The van der Waals surface area contributed by atoms with E-state index >= 15 is 0 Å². The maximum Gasteiger partial charge on any atom is 0.101 e. The molecule has 0 aliphatic carbocycles. The summed E-state index contributed by atoms with van der Waals surface area (Å²) in [6.45, 7) is 5.09. The Balaban J connectivity index is 2.12. The van der Waals surface area contributed by atoms with E-state index in [4.69, 9.17) is 21.1 Å². The fourth-order valence-electron chi connectivity index (χ4n) is 1.93. The summed E-state index contributed by atoms with van der Waals surface area (Å²) < 4.78 is 12.3. The number of hydrogen-bond acceptors (Lipinski definition) is 4. The molecule has 3 nitrogen and oxygen atoms in total. The van der Waals surface area contributed by atoms with Gasteiger partial charge in [0.05, 0.1) is 34.7 Å². The smallest absolute Gasteiger partial charge is 0.101 e. The molecule has 0 spiro atoms. The molecule has 1 aliphatic heterocycles. The van der Waals surface area contributed by atoms with E-state index in [1.165, 1.54) is 4.88 Å². The van der Waals surface area contributed by atoms with Crippen LogP contribution in [-0.2, 0) is 9.47 Å². The molecule has 1 aliphatic rings. The Labute approximate surface area is 125 Å². The Hall–Kier alpha value is 0.350. The molecule has 1 aromatic rings. The predicted molar refractivity (Wildman–Crippen MR) is 78.6 cm³/mol. The second kappa shape index (κ2) is 7.22. The summed E-state index contributed by atoms with van der Waals surface area (Å²) in [7, 11) is 0. The van der Waals surface area contributed by atoms with Gasteiger partial charge in [0, 0.05) is 4.88 Å². The van der Waals surface area contributed by atoms with E-state index in [1.54, 1.807) is 11.3 Å². The molecule has 0 bridgehead atoms. The zero-order valence-corrected chi connectivity index (χ0v) is 13.4. The van der Waals surface area contributed by atoms with Gasteiger partial charge in [-0.15, -0.1) is 11.3 Å². The monoisotopic (exact) mass is 353 g/mol. The predicted octanol–water partition coefficient (Wildman–Crippen LogP) is 3.62. The summed E-state index contributed by atoms with van der Waals surface area (Å²) in [5.74, 6) is 0. The average molecular weight is 355 g/mol. The zero-order chi connectivity index (χ0) is 13.0. The van der Waals surface area contributed by atoms with Crippen molar-refractivity contribution >= 4 is 38.9 Å². The lowest BCUT2D eigenvalue weighted by Crippen LogP contribution is -2.40. The molecule has 2 atom stereocenters. The van der Waals surface area contributed by atoms with E-state index in [9.17, 15) is 0 Å². The highest BCUT2D eigenvalue weighted by Crippen LogP contribution is 2.37. The van der Waals surface area contributed by atoms with Gasteiger partial charge in [-0.1, -0.05) is 18.5 Å². The van der Waals surface area contributed by atoms with Crippen molar-refractivity contribution in [1.82, 2.24) is 5.32 Å². The molecule has 1 fully saturated rings. The van der Waals surface area contributed by atoms with Gasteiger partial charge in [-0.3, -0.25) is 0 Å². The topological polar surface area (TPSA) is 30.5 Å². The third kappa shape index (κ3) is 3.68. The fourth-order valence-corrected chi connectivity index (χ4v) is 3.81. The van der Waals surface area contributed by atoms with Crippen LogP contribution in [0.3, 0.4) is 0 Å². The highest BCUT2D eigenvalue weighted by Gasteiger charge is 2.28. The molecule has 6 heteroatoms. The number of ether oxygens (including phenoxy) is 2. The summed E-state index contributed by atoms with van der Waals surface area (Å²) in [4.78, 5) is 1.19.